The van der Waals surface area contributed by atoms with Crippen molar-refractivity contribution in [1.82, 2.24) is 15.0 Å². The highest BCUT2D eigenvalue weighted by Crippen LogP contribution is 2.14. The number of rotatable bonds is 1. The van der Waals surface area contributed by atoms with Crippen molar-refractivity contribution in [1.29, 1.82) is 0 Å². The molecule has 0 aliphatic carbocycles. The molecule has 0 saturated heterocycles. The van der Waals surface area contributed by atoms with Crippen molar-refractivity contribution in [2.75, 3.05) is 0 Å². The van der Waals surface area contributed by atoms with Crippen LogP contribution in [0.1, 0.15) is 18.4 Å². The maximum atomic E-state index is 10.3. The first-order chi connectivity index (χ1) is 7.70. The number of aliphatic carboxylic acids is 1. The van der Waals surface area contributed by atoms with E-state index in [1.807, 2.05) is 18.9 Å². The number of aromatic nitrogens is 3. The molecule has 0 aliphatic heterocycles. The van der Waals surface area contributed by atoms with E-state index in [4.69, 9.17) is 5.11 Å². The van der Waals surface area contributed by atoms with E-state index in [1.165, 1.54) is 0 Å². The van der Waals surface area contributed by atoms with Crippen molar-refractivity contribution in [3.63, 3.8) is 0 Å². The summed E-state index contributed by atoms with van der Waals surface area (Å²) < 4.78 is 0. The third-order valence-corrected chi connectivity index (χ3v) is 2.11. The molecule has 0 aliphatic rings. The molecule has 2 heterocycles. The SMILES string of the molecule is CCc1nc(C#CC(=O)O)nc2[nH]ccc12. The summed E-state index contributed by atoms with van der Waals surface area (Å²) in [5, 5.41) is 9.39. The fourth-order valence-corrected chi connectivity index (χ4v) is 1.44. The highest BCUT2D eigenvalue weighted by molar-refractivity contribution is 5.87. The van der Waals surface area contributed by atoms with Crippen LogP contribution in [0.5, 0.6) is 0 Å². The molecule has 0 radical (unpaired) electrons. The third kappa shape index (κ3) is 1.86. The van der Waals surface area contributed by atoms with Gasteiger partial charge in [-0.05, 0) is 18.4 Å². The summed E-state index contributed by atoms with van der Waals surface area (Å²) in [6, 6.07) is 1.89. The molecule has 0 unspecified atom stereocenters. The number of hydrogen-bond donors (Lipinski definition) is 2. The van der Waals surface area contributed by atoms with E-state index >= 15 is 0 Å². The first kappa shape index (κ1) is 10.2. The van der Waals surface area contributed by atoms with Crippen molar-refractivity contribution in [3.05, 3.63) is 23.8 Å². The van der Waals surface area contributed by atoms with Crippen molar-refractivity contribution in [2.45, 2.75) is 13.3 Å². The van der Waals surface area contributed by atoms with Gasteiger partial charge >= 0.3 is 5.97 Å². The van der Waals surface area contributed by atoms with Crippen LogP contribution in [0.3, 0.4) is 0 Å². The van der Waals surface area contributed by atoms with Gasteiger partial charge in [0.15, 0.2) is 0 Å². The zero-order valence-electron chi connectivity index (χ0n) is 8.61. The fraction of sp³-hybridized carbons (Fsp3) is 0.182. The van der Waals surface area contributed by atoms with Crippen LogP contribution < -0.4 is 0 Å². The zero-order chi connectivity index (χ0) is 11.5. The first-order valence-corrected chi connectivity index (χ1v) is 4.79. The molecule has 0 fully saturated rings. The van der Waals surface area contributed by atoms with Crippen LogP contribution in [-0.4, -0.2) is 26.0 Å². The summed E-state index contributed by atoms with van der Waals surface area (Å²) >= 11 is 0. The minimum Gasteiger partial charge on any atom is -0.472 e. The number of hydrogen-bond acceptors (Lipinski definition) is 3. The molecule has 2 N–H and O–H groups in total. The van der Waals surface area contributed by atoms with Gasteiger partial charge in [0.1, 0.15) is 5.65 Å². The van der Waals surface area contributed by atoms with E-state index in [1.54, 1.807) is 6.20 Å². The number of carboxylic acid groups (broad SMARTS) is 1. The summed E-state index contributed by atoms with van der Waals surface area (Å²) in [6.45, 7) is 1.98. The Balaban J connectivity index is 2.56. The lowest BCUT2D eigenvalue weighted by Gasteiger charge is -1.98. The maximum absolute atomic E-state index is 10.3. The fourth-order valence-electron chi connectivity index (χ4n) is 1.44. The Hall–Kier alpha value is -2.35. The quantitative estimate of drug-likeness (QED) is 0.694. The van der Waals surface area contributed by atoms with Crippen LogP contribution in [0.4, 0.5) is 0 Å². The molecule has 2 aromatic rings. The van der Waals surface area contributed by atoms with Crippen molar-refractivity contribution in [3.8, 4) is 11.8 Å². The van der Waals surface area contributed by atoms with Crippen molar-refractivity contribution < 1.29 is 9.90 Å². The standard InChI is InChI=1S/C11H9N3O2/c1-2-8-7-5-6-12-11(7)14-9(13-8)3-4-10(15)16/h5-6H,2H2,1H3,(H,15,16)(H,12,13,14). The Kier molecular flexibility index (Phi) is 2.56. The van der Waals surface area contributed by atoms with E-state index in [2.05, 4.69) is 20.9 Å². The average molecular weight is 215 g/mol. The van der Waals surface area contributed by atoms with Gasteiger partial charge in [0.25, 0.3) is 0 Å². The van der Waals surface area contributed by atoms with Crippen molar-refractivity contribution in [2.24, 2.45) is 0 Å². The highest BCUT2D eigenvalue weighted by atomic mass is 16.4. The van der Waals surface area contributed by atoms with Gasteiger partial charge in [0, 0.05) is 17.5 Å². The molecule has 2 aromatic heterocycles. The molecule has 16 heavy (non-hydrogen) atoms. The third-order valence-electron chi connectivity index (χ3n) is 2.11. The lowest BCUT2D eigenvalue weighted by atomic mass is 10.2. The van der Waals surface area contributed by atoms with Crippen LogP contribution in [-0.2, 0) is 11.2 Å². The topological polar surface area (TPSA) is 78.9 Å². The Morgan fingerprint density at radius 2 is 2.38 bits per heavy atom. The maximum Gasteiger partial charge on any atom is 0.382 e. The average Bonchev–Trinajstić information content (AvgIpc) is 2.73. The van der Waals surface area contributed by atoms with E-state index in [0.29, 0.717) is 5.65 Å². The van der Waals surface area contributed by atoms with Crippen LogP contribution in [0, 0.1) is 11.8 Å². The molecular formula is C11H9N3O2. The Labute approximate surface area is 91.5 Å². The summed E-state index contributed by atoms with van der Waals surface area (Å²) in [4.78, 5) is 21.6. The molecule has 0 amide bonds. The van der Waals surface area contributed by atoms with Gasteiger partial charge in [-0.2, -0.15) is 0 Å². The van der Waals surface area contributed by atoms with E-state index < -0.39 is 5.97 Å². The van der Waals surface area contributed by atoms with Crippen LogP contribution in [0.2, 0.25) is 0 Å². The van der Waals surface area contributed by atoms with Gasteiger partial charge in [-0.1, -0.05) is 6.92 Å². The molecule has 0 bridgehead atoms. The van der Waals surface area contributed by atoms with Crippen molar-refractivity contribution >= 4 is 17.0 Å². The van der Waals surface area contributed by atoms with Gasteiger partial charge in [0.2, 0.25) is 5.82 Å². The number of H-pyrrole nitrogens is 1. The monoisotopic (exact) mass is 215 g/mol. The number of fused-ring (bicyclic) bond motifs is 1. The van der Waals surface area contributed by atoms with Crippen LogP contribution in [0.25, 0.3) is 11.0 Å². The molecule has 2 rings (SSSR count). The number of aromatic amines is 1. The molecule has 5 heteroatoms. The minimum atomic E-state index is -1.19. The summed E-state index contributed by atoms with van der Waals surface area (Å²) in [5.41, 5.74) is 1.54. The van der Waals surface area contributed by atoms with E-state index in [0.717, 1.165) is 17.5 Å². The number of nitrogens with one attached hydrogen (secondary N) is 1. The summed E-state index contributed by atoms with van der Waals surface area (Å²) in [7, 11) is 0. The summed E-state index contributed by atoms with van der Waals surface area (Å²) in [5.74, 6) is 3.45. The second kappa shape index (κ2) is 4.03. The zero-order valence-corrected chi connectivity index (χ0v) is 8.61. The minimum absolute atomic E-state index is 0.231. The second-order valence-electron chi connectivity index (χ2n) is 3.14. The molecule has 5 nitrogen and oxygen atoms in total. The van der Waals surface area contributed by atoms with Gasteiger partial charge in [0.05, 0.1) is 5.69 Å². The molecule has 80 valence electrons. The normalized spacial score (nSPS) is 9.81. The van der Waals surface area contributed by atoms with Crippen LogP contribution >= 0.6 is 0 Å². The Morgan fingerprint density at radius 1 is 1.56 bits per heavy atom. The van der Waals surface area contributed by atoms with Gasteiger partial charge in [-0.3, -0.25) is 0 Å². The number of nitrogens with zero attached hydrogens (tertiary/aromatic N) is 2. The number of carboxylic acids is 1. The predicted molar refractivity (Wildman–Crippen MR) is 57.8 cm³/mol. The molecule has 0 aromatic carbocycles. The largest absolute Gasteiger partial charge is 0.472 e. The molecule has 0 saturated carbocycles. The molecule has 0 spiro atoms. The molecular weight excluding hydrogens is 206 g/mol. The molecule has 0 atom stereocenters. The van der Waals surface area contributed by atoms with E-state index in [9.17, 15) is 4.79 Å². The second-order valence-corrected chi connectivity index (χ2v) is 3.14. The van der Waals surface area contributed by atoms with E-state index in [-0.39, 0.29) is 5.82 Å². The lowest BCUT2D eigenvalue weighted by Crippen LogP contribution is -1.97. The number of carbonyl (C=O) groups is 1. The summed E-state index contributed by atoms with van der Waals surface area (Å²) in [6.07, 6.45) is 2.52. The van der Waals surface area contributed by atoms with Crippen LogP contribution in [0.15, 0.2) is 12.3 Å². The number of aryl methyl sites for hydroxylation is 1. The van der Waals surface area contributed by atoms with Gasteiger partial charge in [-0.25, -0.2) is 14.8 Å². The smallest absolute Gasteiger partial charge is 0.382 e. The highest BCUT2D eigenvalue weighted by Gasteiger charge is 2.05. The van der Waals surface area contributed by atoms with Gasteiger partial charge in [-0.15, -0.1) is 0 Å². The first-order valence-electron chi connectivity index (χ1n) is 4.79. The lowest BCUT2D eigenvalue weighted by molar-refractivity contribution is -0.130. The predicted octanol–water partition coefficient (Wildman–Crippen LogP) is 0.956. The Morgan fingerprint density at radius 3 is 3.06 bits per heavy atom. The van der Waals surface area contributed by atoms with Gasteiger partial charge < -0.3 is 10.1 Å². The Bertz CT molecular complexity index is 604.